The largest absolute Gasteiger partial charge is 0.271 e. The highest BCUT2D eigenvalue weighted by Crippen LogP contribution is 2.34. The average Bonchev–Trinajstić information content (AvgIpc) is 2.27. The first kappa shape index (κ1) is 12.5. The Morgan fingerprint density at radius 3 is 2.50 bits per heavy atom. The molecule has 1 aromatic rings. The Morgan fingerprint density at radius 1 is 1.57 bits per heavy atom. The van der Waals surface area contributed by atoms with E-state index in [1.807, 2.05) is 6.07 Å². The van der Waals surface area contributed by atoms with Crippen molar-refractivity contribution >= 4 is 47.0 Å². The van der Waals surface area contributed by atoms with Crippen molar-refractivity contribution in [3.05, 3.63) is 15.4 Å². The van der Waals surface area contributed by atoms with Crippen LogP contribution in [0.3, 0.4) is 0 Å². The topological polar surface area (TPSA) is 34.1 Å². The van der Waals surface area contributed by atoms with Crippen molar-refractivity contribution in [1.82, 2.24) is 0 Å². The second-order valence-corrected chi connectivity index (χ2v) is 8.14. The summed E-state index contributed by atoms with van der Waals surface area (Å²) in [7, 11) is 1.66. The van der Waals surface area contributed by atoms with Crippen LogP contribution in [-0.4, -0.2) is 8.42 Å². The molecule has 1 aromatic heterocycles. The van der Waals surface area contributed by atoms with Crippen LogP contribution in [0.2, 0.25) is 0 Å². The minimum atomic E-state index is -3.60. The highest BCUT2D eigenvalue weighted by molar-refractivity contribution is 9.10. The molecule has 0 atom stereocenters. The Kier molecular flexibility index (Phi) is 4.03. The van der Waals surface area contributed by atoms with Gasteiger partial charge in [-0.15, -0.1) is 11.3 Å². The van der Waals surface area contributed by atoms with E-state index in [1.54, 1.807) is 0 Å². The van der Waals surface area contributed by atoms with E-state index in [4.69, 9.17) is 10.7 Å². The SMILES string of the molecule is CC(C)Cc1cc(Br)c(S(=O)(=O)Cl)s1. The van der Waals surface area contributed by atoms with Gasteiger partial charge >= 0.3 is 0 Å². The zero-order valence-corrected chi connectivity index (χ0v) is 11.7. The molecule has 1 heterocycles. The van der Waals surface area contributed by atoms with Gasteiger partial charge < -0.3 is 0 Å². The van der Waals surface area contributed by atoms with E-state index in [2.05, 4.69) is 29.8 Å². The molecule has 0 aliphatic carbocycles. The molecule has 0 unspecified atom stereocenters. The van der Waals surface area contributed by atoms with Crippen molar-refractivity contribution in [2.24, 2.45) is 5.92 Å². The Morgan fingerprint density at radius 2 is 2.14 bits per heavy atom. The molecule has 1 rings (SSSR count). The summed E-state index contributed by atoms with van der Waals surface area (Å²) in [5.41, 5.74) is 0. The van der Waals surface area contributed by atoms with Gasteiger partial charge in [0.05, 0.1) is 0 Å². The van der Waals surface area contributed by atoms with Crippen molar-refractivity contribution in [3.8, 4) is 0 Å². The molecule has 6 heteroatoms. The second kappa shape index (κ2) is 4.51. The molecule has 0 saturated carbocycles. The summed E-state index contributed by atoms with van der Waals surface area (Å²) in [6.07, 6.45) is 0.871. The number of halogens is 2. The van der Waals surface area contributed by atoms with Crippen molar-refractivity contribution in [2.45, 2.75) is 24.5 Å². The molecule has 0 aromatic carbocycles. The number of hydrogen-bond acceptors (Lipinski definition) is 3. The van der Waals surface area contributed by atoms with Crippen LogP contribution < -0.4 is 0 Å². The van der Waals surface area contributed by atoms with Crippen molar-refractivity contribution in [1.29, 1.82) is 0 Å². The first-order valence-electron chi connectivity index (χ1n) is 4.03. The van der Waals surface area contributed by atoms with E-state index < -0.39 is 9.05 Å². The molecule has 0 spiro atoms. The summed E-state index contributed by atoms with van der Waals surface area (Å²) in [5, 5.41) is 0. The normalized spacial score (nSPS) is 12.4. The van der Waals surface area contributed by atoms with Crippen LogP contribution in [0.15, 0.2) is 14.7 Å². The molecule has 14 heavy (non-hydrogen) atoms. The van der Waals surface area contributed by atoms with E-state index in [-0.39, 0.29) is 4.21 Å². The molecule has 2 nitrogen and oxygen atoms in total. The van der Waals surface area contributed by atoms with Crippen molar-refractivity contribution in [2.75, 3.05) is 0 Å². The molecule has 0 N–H and O–H groups in total. The van der Waals surface area contributed by atoms with Crippen molar-refractivity contribution in [3.63, 3.8) is 0 Å². The number of rotatable bonds is 3. The molecular weight excluding hydrogens is 308 g/mol. The Labute approximate surface area is 101 Å². The predicted molar refractivity (Wildman–Crippen MR) is 63.6 cm³/mol. The standard InChI is InChI=1S/C8H10BrClO2S2/c1-5(2)3-6-4-7(9)8(13-6)14(10,11)12/h4-5H,3H2,1-2H3. The highest BCUT2D eigenvalue weighted by Gasteiger charge is 2.18. The molecule has 0 saturated heterocycles. The maximum Gasteiger partial charge on any atom is 0.271 e. The van der Waals surface area contributed by atoms with Gasteiger partial charge in [-0.05, 0) is 34.3 Å². The third-order valence-corrected chi connectivity index (χ3v) is 5.95. The van der Waals surface area contributed by atoms with Gasteiger partial charge in [0.15, 0.2) is 0 Å². The first-order valence-corrected chi connectivity index (χ1v) is 7.95. The Balaban J connectivity index is 3.06. The monoisotopic (exact) mass is 316 g/mol. The van der Waals surface area contributed by atoms with E-state index >= 15 is 0 Å². The summed E-state index contributed by atoms with van der Waals surface area (Å²) in [6, 6.07) is 1.82. The summed E-state index contributed by atoms with van der Waals surface area (Å²) in [6.45, 7) is 4.17. The van der Waals surface area contributed by atoms with E-state index in [0.29, 0.717) is 10.4 Å². The van der Waals surface area contributed by atoms with Gasteiger partial charge in [0.25, 0.3) is 9.05 Å². The zero-order chi connectivity index (χ0) is 10.9. The summed E-state index contributed by atoms with van der Waals surface area (Å²) >= 11 is 4.42. The fourth-order valence-electron chi connectivity index (χ4n) is 1.07. The predicted octanol–water partition coefficient (Wildman–Crippen LogP) is 3.64. The van der Waals surface area contributed by atoms with Crippen LogP contribution in [0.1, 0.15) is 18.7 Å². The van der Waals surface area contributed by atoms with Gasteiger partial charge in [-0.1, -0.05) is 13.8 Å². The minimum Gasteiger partial charge on any atom is -0.206 e. The zero-order valence-electron chi connectivity index (χ0n) is 7.75. The lowest BCUT2D eigenvalue weighted by molar-refractivity contribution is 0.611. The summed E-state index contributed by atoms with van der Waals surface area (Å²) in [5.74, 6) is 0.506. The Bertz CT molecular complexity index is 423. The van der Waals surface area contributed by atoms with E-state index in [1.165, 1.54) is 11.3 Å². The van der Waals surface area contributed by atoms with Crippen LogP contribution >= 0.6 is 37.9 Å². The quantitative estimate of drug-likeness (QED) is 0.798. The summed E-state index contributed by atoms with van der Waals surface area (Å²) < 4.78 is 23.0. The maximum atomic E-state index is 11.1. The van der Waals surface area contributed by atoms with Gasteiger partial charge in [0.2, 0.25) is 0 Å². The summed E-state index contributed by atoms with van der Waals surface area (Å²) in [4.78, 5) is 1.03. The lowest BCUT2D eigenvalue weighted by atomic mass is 10.1. The van der Waals surface area contributed by atoms with Crippen LogP contribution in [0.5, 0.6) is 0 Å². The first-order chi connectivity index (χ1) is 6.30. The van der Waals surface area contributed by atoms with Gasteiger partial charge in [0, 0.05) is 20.0 Å². The lowest BCUT2D eigenvalue weighted by Gasteiger charge is -1.99. The van der Waals surface area contributed by atoms with Crippen LogP contribution in [0, 0.1) is 5.92 Å². The fraction of sp³-hybridized carbons (Fsp3) is 0.500. The smallest absolute Gasteiger partial charge is 0.206 e. The maximum absolute atomic E-state index is 11.1. The van der Waals surface area contributed by atoms with Gasteiger partial charge in [-0.3, -0.25) is 0 Å². The molecule has 0 radical (unpaired) electrons. The van der Waals surface area contributed by atoms with Crippen LogP contribution in [0.4, 0.5) is 0 Å². The average molecular weight is 318 g/mol. The molecule has 80 valence electrons. The molecule has 0 fully saturated rings. The van der Waals surface area contributed by atoms with Gasteiger partial charge in [-0.25, -0.2) is 8.42 Å². The highest BCUT2D eigenvalue weighted by atomic mass is 79.9. The van der Waals surface area contributed by atoms with Crippen LogP contribution in [0.25, 0.3) is 0 Å². The molecule has 0 aliphatic rings. The van der Waals surface area contributed by atoms with Gasteiger partial charge in [0.1, 0.15) is 4.21 Å². The molecule has 0 aliphatic heterocycles. The molecule has 0 amide bonds. The number of thiophene rings is 1. The Hall–Kier alpha value is 0.420. The third-order valence-electron chi connectivity index (χ3n) is 1.54. The van der Waals surface area contributed by atoms with E-state index in [9.17, 15) is 8.42 Å². The molecule has 0 bridgehead atoms. The molecular formula is C8H10BrClO2S2. The number of hydrogen-bond donors (Lipinski definition) is 0. The van der Waals surface area contributed by atoms with Crippen molar-refractivity contribution < 1.29 is 8.42 Å². The third kappa shape index (κ3) is 3.22. The lowest BCUT2D eigenvalue weighted by Crippen LogP contribution is -1.89. The second-order valence-electron chi connectivity index (χ2n) is 3.38. The van der Waals surface area contributed by atoms with Crippen LogP contribution in [-0.2, 0) is 15.5 Å². The van der Waals surface area contributed by atoms with E-state index in [0.717, 1.165) is 11.3 Å². The fourth-order valence-corrected chi connectivity index (χ4v) is 5.19. The minimum absolute atomic E-state index is 0.204. The van der Waals surface area contributed by atoms with Gasteiger partial charge in [-0.2, -0.15) is 0 Å².